The van der Waals surface area contributed by atoms with E-state index in [0.29, 0.717) is 51.3 Å². The Hall–Kier alpha value is -2.36. The first-order valence-electron chi connectivity index (χ1n) is 6.26. The summed E-state index contributed by atoms with van der Waals surface area (Å²) < 4.78 is 5.27. The largest absolute Gasteiger partial charge is 0.378 e. The maximum absolute atomic E-state index is 10.5. The molecule has 0 saturated carbocycles. The Morgan fingerprint density at radius 3 is 2.70 bits per heavy atom. The number of nitrogen functional groups attached to an aromatic ring is 1. The summed E-state index contributed by atoms with van der Waals surface area (Å²) in [7, 11) is 0. The summed E-state index contributed by atoms with van der Waals surface area (Å²) >= 11 is 0. The molecular weight excluding hydrogens is 264 g/mol. The van der Waals surface area contributed by atoms with Crippen LogP contribution in [0.15, 0.2) is 0 Å². The Labute approximate surface area is 115 Å². The second-order valence-electron chi connectivity index (χ2n) is 4.13. The molecule has 20 heavy (non-hydrogen) atoms. The number of amides is 2. The van der Waals surface area contributed by atoms with E-state index in [4.69, 9.17) is 16.2 Å². The lowest BCUT2D eigenvalue weighted by molar-refractivity contribution is 0.122. The van der Waals surface area contributed by atoms with Crippen molar-refractivity contribution in [3.63, 3.8) is 0 Å². The molecule has 0 bridgehead atoms. The van der Waals surface area contributed by atoms with Crippen molar-refractivity contribution in [2.45, 2.75) is 0 Å². The number of nitrogens with one attached hydrogen (secondary N) is 2. The average molecular weight is 282 g/mol. The maximum atomic E-state index is 10.5. The van der Waals surface area contributed by atoms with Crippen LogP contribution in [0.25, 0.3) is 0 Å². The van der Waals surface area contributed by atoms with Gasteiger partial charge in [-0.05, 0) is 0 Å². The van der Waals surface area contributed by atoms with Gasteiger partial charge in [-0.25, -0.2) is 4.79 Å². The van der Waals surface area contributed by atoms with Gasteiger partial charge in [0.05, 0.1) is 13.2 Å². The van der Waals surface area contributed by atoms with Crippen molar-refractivity contribution < 1.29 is 9.53 Å². The van der Waals surface area contributed by atoms with Gasteiger partial charge in [-0.15, -0.1) is 0 Å². The predicted molar refractivity (Wildman–Crippen MR) is 73.3 cm³/mol. The number of aromatic nitrogens is 3. The van der Waals surface area contributed by atoms with Crippen LogP contribution in [0.3, 0.4) is 0 Å². The smallest absolute Gasteiger partial charge is 0.312 e. The number of carbonyl (C=O) groups is 1. The van der Waals surface area contributed by atoms with Crippen LogP contribution >= 0.6 is 0 Å². The van der Waals surface area contributed by atoms with Crippen molar-refractivity contribution in [3.8, 4) is 0 Å². The topological polar surface area (TPSA) is 144 Å². The van der Waals surface area contributed by atoms with Crippen LogP contribution < -0.4 is 27.0 Å². The van der Waals surface area contributed by atoms with Crippen molar-refractivity contribution in [1.29, 1.82) is 0 Å². The number of hydrogen-bond donors (Lipinski definition) is 4. The van der Waals surface area contributed by atoms with Crippen molar-refractivity contribution in [2.75, 3.05) is 55.3 Å². The molecule has 0 aromatic carbocycles. The predicted octanol–water partition coefficient (Wildman–Crippen LogP) is -1.63. The van der Waals surface area contributed by atoms with Crippen LogP contribution in [0.1, 0.15) is 0 Å². The van der Waals surface area contributed by atoms with Gasteiger partial charge in [-0.3, -0.25) is 0 Å². The zero-order valence-electron chi connectivity index (χ0n) is 11.0. The zero-order valence-corrected chi connectivity index (χ0v) is 11.0. The number of anilines is 3. The number of nitrogens with zero attached hydrogens (tertiary/aromatic N) is 4. The zero-order chi connectivity index (χ0) is 14.4. The van der Waals surface area contributed by atoms with E-state index in [1.54, 1.807) is 0 Å². The van der Waals surface area contributed by atoms with Gasteiger partial charge >= 0.3 is 6.03 Å². The molecular formula is C10H18N8O2. The molecule has 10 nitrogen and oxygen atoms in total. The van der Waals surface area contributed by atoms with E-state index in [2.05, 4.69) is 25.6 Å². The molecule has 1 fully saturated rings. The first-order chi connectivity index (χ1) is 9.65. The quantitative estimate of drug-likeness (QED) is 0.471. The van der Waals surface area contributed by atoms with Gasteiger partial charge in [0.25, 0.3) is 0 Å². The molecule has 0 spiro atoms. The molecule has 6 N–H and O–H groups in total. The van der Waals surface area contributed by atoms with E-state index in [1.807, 2.05) is 4.90 Å². The number of primary amides is 1. The van der Waals surface area contributed by atoms with Crippen LogP contribution in [0.5, 0.6) is 0 Å². The maximum Gasteiger partial charge on any atom is 0.312 e. The number of morpholine rings is 1. The van der Waals surface area contributed by atoms with E-state index < -0.39 is 6.03 Å². The number of nitrogens with two attached hydrogens (primary N) is 2. The molecule has 2 rings (SSSR count). The van der Waals surface area contributed by atoms with Crippen molar-refractivity contribution in [1.82, 2.24) is 20.3 Å². The summed E-state index contributed by atoms with van der Waals surface area (Å²) in [6.07, 6.45) is 0. The second kappa shape index (κ2) is 6.70. The number of rotatable bonds is 5. The van der Waals surface area contributed by atoms with E-state index in [1.165, 1.54) is 0 Å². The minimum atomic E-state index is -0.573. The van der Waals surface area contributed by atoms with Crippen molar-refractivity contribution >= 4 is 23.9 Å². The minimum Gasteiger partial charge on any atom is -0.378 e. The van der Waals surface area contributed by atoms with Gasteiger partial charge in [0.1, 0.15) is 0 Å². The summed E-state index contributed by atoms with van der Waals surface area (Å²) in [5, 5.41) is 5.41. The van der Waals surface area contributed by atoms with Crippen LogP contribution in [-0.2, 0) is 4.74 Å². The van der Waals surface area contributed by atoms with Gasteiger partial charge in [0, 0.05) is 26.2 Å². The lowest BCUT2D eigenvalue weighted by Crippen LogP contribution is -2.37. The number of urea groups is 1. The third kappa shape index (κ3) is 4.09. The number of ether oxygens (including phenoxy) is 1. The Morgan fingerprint density at radius 1 is 1.25 bits per heavy atom. The minimum absolute atomic E-state index is 0.145. The summed E-state index contributed by atoms with van der Waals surface area (Å²) in [5.74, 6) is 1.03. The highest BCUT2D eigenvalue weighted by atomic mass is 16.5. The Morgan fingerprint density at radius 2 is 2.00 bits per heavy atom. The fraction of sp³-hybridized carbons (Fsp3) is 0.600. The highest BCUT2D eigenvalue weighted by molar-refractivity contribution is 5.71. The summed E-state index contributed by atoms with van der Waals surface area (Å²) in [6.45, 7) is 3.51. The van der Waals surface area contributed by atoms with E-state index >= 15 is 0 Å². The number of carbonyl (C=O) groups excluding carboxylic acids is 1. The van der Waals surface area contributed by atoms with Crippen LogP contribution in [-0.4, -0.2) is 60.4 Å². The molecule has 2 amide bonds. The Bertz CT molecular complexity index is 463. The molecule has 1 aliphatic rings. The van der Waals surface area contributed by atoms with Crippen LogP contribution in [0.2, 0.25) is 0 Å². The fourth-order valence-electron chi connectivity index (χ4n) is 1.72. The normalized spacial score (nSPS) is 14.9. The molecule has 1 aromatic rings. The SMILES string of the molecule is NC(=O)NCCNc1nc(N)nc(N2CCOCC2)n1. The molecule has 2 heterocycles. The molecule has 10 heteroatoms. The summed E-state index contributed by atoms with van der Waals surface area (Å²) in [5.41, 5.74) is 10.6. The molecule has 0 unspecified atom stereocenters. The van der Waals surface area contributed by atoms with Crippen molar-refractivity contribution in [3.05, 3.63) is 0 Å². The van der Waals surface area contributed by atoms with Gasteiger partial charge in [0.15, 0.2) is 0 Å². The molecule has 1 aromatic heterocycles. The van der Waals surface area contributed by atoms with Gasteiger partial charge < -0.3 is 31.7 Å². The van der Waals surface area contributed by atoms with Gasteiger partial charge in [-0.1, -0.05) is 0 Å². The lowest BCUT2D eigenvalue weighted by atomic mass is 10.4. The number of hydrogen-bond acceptors (Lipinski definition) is 8. The molecule has 0 atom stereocenters. The molecule has 1 saturated heterocycles. The third-order valence-electron chi connectivity index (χ3n) is 2.64. The highest BCUT2D eigenvalue weighted by Crippen LogP contribution is 2.13. The molecule has 0 radical (unpaired) electrons. The second-order valence-corrected chi connectivity index (χ2v) is 4.13. The first-order valence-corrected chi connectivity index (χ1v) is 6.26. The monoisotopic (exact) mass is 282 g/mol. The first kappa shape index (κ1) is 14.1. The van der Waals surface area contributed by atoms with Crippen LogP contribution in [0, 0.1) is 0 Å². The lowest BCUT2D eigenvalue weighted by Gasteiger charge is -2.26. The molecule has 0 aliphatic carbocycles. The van der Waals surface area contributed by atoms with E-state index in [9.17, 15) is 4.79 Å². The van der Waals surface area contributed by atoms with Gasteiger partial charge in [-0.2, -0.15) is 15.0 Å². The average Bonchev–Trinajstić information content (AvgIpc) is 2.44. The summed E-state index contributed by atoms with van der Waals surface area (Å²) in [6, 6.07) is -0.573. The molecule has 1 aliphatic heterocycles. The van der Waals surface area contributed by atoms with E-state index in [0.717, 1.165) is 0 Å². The fourth-order valence-corrected chi connectivity index (χ4v) is 1.72. The highest BCUT2D eigenvalue weighted by Gasteiger charge is 2.15. The Kier molecular flexibility index (Phi) is 4.71. The van der Waals surface area contributed by atoms with Gasteiger partial charge in [0.2, 0.25) is 17.8 Å². The molecule has 110 valence electrons. The standard InChI is InChI=1S/C10H18N8O2/c11-7-15-9(14-2-1-13-8(12)19)17-10(16-7)18-3-5-20-6-4-18/h1-6H2,(H3,12,13,19)(H3,11,14,15,16,17). The van der Waals surface area contributed by atoms with Crippen molar-refractivity contribution in [2.24, 2.45) is 5.73 Å². The van der Waals surface area contributed by atoms with E-state index in [-0.39, 0.29) is 5.95 Å². The summed E-state index contributed by atoms with van der Waals surface area (Å²) in [4.78, 5) is 24.9. The van der Waals surface area contributed by atoms with Crippen LogP contribution in [0.4, 0.5) is 22.6 Å². The third-order valence-corrected chi connectivity index (χ3v) is 2.64. The Balaban J connectivity index is 1.95.